The topological polar surface area (TPSA) is 70.8 Å². The van der Waals surface area contributed by atoms with E-state index in [2.05, 4.69) is 17.0 Å². The fraction of sp³-hybridized carbons (Fsp3) is 0.591. The van der Waals surface area contributed by atoms with Crippen molar-refractivity contribution in [1.29, 1.82) is 0 Å². The van der Waals surface area contributed by atoms with E-state index < -0.39 is 9.84 Å². The van der Waals surface area contributed by atoms with Crippen LogP contribution in [0, 0.1) is 0 Å². The second kappa shape index (κ2) is 8.11. The van der Waals surface area contributed by atoms with Crippen molar-refractivity contribution in [2.24, 2.45) is 0 Å². The first kappa shape index (κ1) is 20.4. The summed E-state index contributed by atoms with van der Waals surface area (Å²) in [6, 6.07) is 4.08. The van der Waals surface area contributed by atoms with Gasteiger partial charge in [-0.2, -0.15) is 0 Å². The third-order valence-electron chi connectivity index (χ3n) is 6.18. The van der Waals surface area contributed by atoms with Gasteiger partial charge in [0.15, 0.2) is 9.84 Å². The summed E-state index contributed by atoms with van der Waals surface area (Å²) in [5.41, 5.74) is 4.46. The molecule has 7 heteroatoms. The molecule has 0 radical (unpaired) electrons. The molecule has 0 saturated carbocycles. The Morgan fingerprint density at radius 1 is 1.17 bits per heavy atom. The van der Waals surface area contributed by atoms with E-state index in [9.17, 15) is 13.2 Å². The molecular weight excluding hydrogens is 388 g/mol. The van der Waals surface area contributed by atoms with E-state index in [1.807, 2.05) is 14.1 Å². The summed E-state index contributed by atoms with van der Waals surface area (Å²) in [5, 5.41) is 1.02. The summed E-state index contributed by atoms with van der Waals surface area (Å²) >= 11 is 0. The van der Waals surface area contributed by atoms with Crippen LogP contribution in [0.2, 0.25) is 0 Å². The van der Waals surface area contributed by atoms with E-state index in [1.54, 1.807) is 11.2 Å². The number of carbonyl (C=O) groups excluding carboxylic acids is 1. The Bertz CT molecular complexity index is 1010. The van der Waals surface area contributed by atoms with Crippen LogP contribution in [0.15, 0.2) is 22.8 Å². The van der Waals surface area contributed by atoms with Crippen LogP contribution in [0.3, 0.4) is 0 Å². The molecule has 2 aromatic rings. The van der Waals surface area contributed by atoms with Crippen molar-refractivity contribution in [1.82, 2.24) is 9.80 Å². The average Bonchev–Trinajstić information content (AvgIpc) is 3.35. The number of amides is 1. The first-order valence-electron chi connectivity index (χ1n) is 10.5. The van der Waals surface area contributed by atoms with Gasteiger partial charge in [-0.25, -0.2) is 8.42 Å². The number of benzene rings is 1. The van der Waals surface area contributed by atoms with E-state index in [1.165, 1.54) is 17.5 Å². The first-order chi connectivity index (χ1) is 13.8. The molecule has 1 aromatic heterocycles. The van der Waals surface area contributed by atoms with Crippen molar-refractivity contribution in [2.75, 3.05) is 38.7 Å². The van der Waals surface area contributed by atoms with Crippen molar-refractivity contribution in [3.63, 3.8) is 0 Å². The molecule has 6 nitrogen and oxygen atoms in total. The van der Waals surface area contributed by atoms with E-state index in [0.29, 0.717) is 13.0 Å². The van der Waals surface area contributed by atoms with Crippen molar-refractivity contribution < 1.29 is 17.6 Å². The number of nitrogens with zero attached hydrogens (tertiary/aromatic N) is 2. The maximum absolute atomic E-state index is 13.2. The maximum atomic E-state index is 13.2. The summed E-state index contributed by atoms with van der Waals surface area (Å²) in [4.78, 5) is 17.1. The van der Waals surface area contributed by atoms with Crippen molar-refractivity contribution in [3.05, 3.63) is 35.1 Å². The molecule has 29 heavy (non-hydrogen) atoms. The Kier molecular flexibility index (Phi) is 5.71. The van der Waals surface area contributed by atoms with Gasteiger partial charge in [0.2, 0.25) is 5.91 Å². The number of aryl methyl sites for hydroxylation is 2. The zero-order valence-electron chi connectivity index (χ0n) is 17.3. The number of fused-ring (bicyclic) bond motifs is 2. The van der Waals surface area contributed by atoms with Gasteiger partial charge in [-0.05, 0) is 76.0 Å². The molecule has 1 aliphatic carbocycles. The summed E-state index contributed by atoms with van der Waals surface area (Å²) < 4.78 is 29.7. The molecular formula is C22H30N2O4S. The third-order valence-corrected chi connectivity index (χ3v) is 7.93. The number of hydrogen-bond acceptors (Lipinski definition) is 5. The SMILES string of the molecule is CN(C)CCCN(C(=O)Cc1coc2cc3c(cc12)CCC3)C1CCS(=O)(=O)C1. The molecule has 1 saturated heterocycles. The van der Waals surface area contributed by atoms with Gasteiger partial charge in [0.05, 0.1) is 24.2 Å². The summed E-state index contributed by atoms with van der Waals surface area (Å²) in [7, 11) is 0.963. The van der Waals surface area contributed by atoms with Crippen LogP contribution in [0.25, 0.3) is 11.0 Å². The predicted molar refractivity (Wildman–Crippen MR) is 114 cm³/mol. The number of rotatable bonds is 7. The lowest BCUT2D eigenvalue weighted by molar-refractivity contribution is -0.132. The average molecular weight is 419 g/mol. The lowest BCUT2D eigenvalue weighted by atomic mass is 10.0. The van der Waals surface area contributed by atoms with Crippen LogP contribution in [0.4, 0.5) is 0 Å². The Balaban J connectivity index is 1.53. The minimum Gasteiger partial charge on any atom is -0.464 e. The molecule has 0 spiro atoms. The van der Waals surface area contributed by atoms with Gasteiger partial charge in [0.25, 0.3) is 0 Å². The largest absolute Gasteiger partial charge is 0.464 e. The Morgan fingerprint density at radius 2 is 1.93 bits per heavy atom. The molecule has 1 amide bonds. The van der Waals surface area contributed by atoms with Gasteiger partial charge in [0, 0.05) is 23.5 Å². The summed E-state index contributed by atoms with van der Waals surface area (Å²) in [6.07, 6.45) is 6.67. The maximum Gasteiger partial charge on any atom is 0.227 e. The van der Waals surface area contributed by atoms with E-state index >= 15 is 0 Å². The second-order valence-corrected chi connectivity index (χ2v) is 10.9. The standard InChI is InChI=1S/C22H30N2O4S/c1-23(2)8-4-9-24(19-7-10-29(26,27)15-19)22(25)13-18-14-28-21-12-17-6-3-5-16(17)11-20(18)21/h11-12,14,19H,3-10,13,15H2,1-2H3. The Labute approximate surface area is 172 Å². The molecule has 4 rings (SSSR count). The van der Waals surface area contributed by atoms with Gasteiger partial charge in [0.1, 0.15) is 5.58 Å². The minimum atomic E-state index is -3.04. The Morgan fingerprint density at radius 3 is 2.62 bits per heavy atom. The first-order valence-corrected chi connectivity index (χ1v) is 12.3. The summed E-state index contributed by atoms with van der Waals surface area (Å²) in [6.45, 7) is 1.45. The molecule has 158 valence electrons. The normalized spacial score (nSPS) is 20.4. The van der Waals surface area contributed by atoms with Crippen LogP contribution < -0.4 is 0 Å². The highest BCUT2D eigenvalue weighted by atomic mass is 32.2. The highest BCUT2D eigenvalue weighted by molar-refractivity contribution is 7.91. The number of hydrogen-bond donors (Lipinski definition) is 0. The van der Waals surface area contributed by atoms with Gasteiger partial charge >= 0.3 is 0 Å². The lowest BCUT2D eigenvalue weighted by Gasteiger charge is -2.29. The highest BCUT2D eigenvalue weighted by Crippen LogP contribution is 2.31. The predicted octanol–water partition coefficient (Wildman–Crippen LogP) is 2.43. The Hall–Kier alpha value is -1.86. The molecule has 2 aliphatic rings. The molecule has 1 aliphatic heterocycles. The number of furan rings is 1. The quantitative estimate of drug-likeness (QED) is 0.691. The molecule has 1 fully saturated rings. The zero-order chi connectivity index (χ0) is 20.6. The smallest absolute Gasteiger partial charge is 0.227 e. The van der Waals surface area contributed by atoms with E-state index in [-0.39, 0.29) is 29.9 Å². The third kappa shape index (κ3) is 4.51. The molecule has 1 unspecified atom stereocenters. The van der Waals surface area contributed by atoms with Crippen LogP contribution >= 0.6 is 0 Å². The highest BCUT2D eigenvalue weighted by Gasteiger charge is 2.34. The van der Waals surface area contributed by atoms with Crippen LogP contribution in [-0.2, 0) is 33.9 Å². The van der Waals surface area contributed by atoms with Crippen LogP contribution in [-0.4, -0.2) is 68.9 Å². The van der Waals surface area contributed by atoms with Crippen molar-refractivity contribution in [3.8, 4) is 0 Å². The molecule has 0 N–H and O–H groups in total. The monoisotopic (exact) mass is 418 g/mol. The minimum absolute atomic E-state index is 0.00551. The summed E-state index contributed by atoms with van der Waals surface area (Å²) in [5.74, 6) is 0.255. The van der Waals surface area contributed by atoms with Gasteiger partial charge in [-0.1, -0.05) is 0 Å². The van der Waals surface area contributed by atoms with E-state index in [0.717, 1.165) is 42.3 Å². The number of carbonyl (C=O) groups is 1. The van der Waals surface area contributed by atoms with Gasteiger partial charge in [-0.15, -0.1) is 0 Å². The van der Waals surface area contributed by atoms with Gasteiger partial charge in [-0.3, -0.25) is 4.79 Å². The van der Waals surface area contributed by atoms with Gasteiger partial charge < -0.3 is 14.2 Å². The van der Waals surface area contributed by atoms with Crippen molar-refractivity contribution in [2.45, 2.75) is 44.6 Å². The fourth-order valence-electron chi connectivity index (χ4n) is 4.64. The van der Waals surface area contributed by atoms with Crippen LogP contribution in [0.1, 0.15) is 36.0 Å². The van der Waals surface area contributed by atoms with Crippen molar-refractivity contribution >= 4 is 26.7 Å². The molecule has 1 atom stereocenters. The lowest BCUT2D eigenvalue weighted by Crippen LogP contribution is -2.43. The number of sulfone groups is 1. The molecule has 1 aromatic carbocycles. The van der Waals surface area contributed by atoms with E-state index in [4.69, 9.17) is 4.42 Å². The van der Waals surface area contributed by atoms with Crippen LogP contribution in [0.5, 0.6) is 0 Å². The fourth-order valence-corrected chi connectivity index (χ4v) is 6.37. The second-order valence-electron chi connectivity index (χ2n) is 8.71. The zero-order valence-corrected chi connectivity index (χ0v) is 18.1. The molecule has 2 heterocycles. The molecule has 0 bridgehead atoms.